The number of methoxy groups -OCH3 is 1. The molecule has 0 aromatic heterocycles. The van der Waals surface area contributed by atoms with Gasteiger partial charge in [-0.2, -0.15) is 0 Å². The number of hydrogen-bond donors (Lipinski definition) is 2. The third kappa shape index (κ3) is 3.05. The highest BCUT2D eigenvalue weighted by molar-refractivity contribution is 7.92. The number of nitrogens with one attached hydrogen (secondary N) is 1. The number of phenolic OH excluding ortho intramolecular Hbond substituents is 1. The van der Waals surface area contributed by atoms with Crippen LogP contribution in [0, 0.1) is 11.6 Å². The topological polar surface area (TPSA) is 75.6 Å². The molecule has 2 N–H and O–H groups in total. The van der Waals surface area contributed by atoms with Crippen molar-refractivity contribution in [1.29, 1.82) is 0 Å². The summed E-state index contributed by atoms with van der Waals surface area (Å²) in [6.07, 6.45) is 0. The second kappa shape index (κ2) is 5.57. The Bertz CT molecular complexity index is 778. The second-order valence-electron chi connectivity index (χ2n) is 4.04. The number of rotatable bonds is 4. The molecule has 0 saturated carbocycles. The maximum atomic E-state index is 13.1. The smallest absolute Gasteiger partial charge is 0.262 e. The van der Waals surface area contributed by atoms with Crippen molar-refractivity contribution >= 4 is 15.7 Å². The summed E-state index contributed by atoms with van der Waals surface area (Å²) in [4.78, 5) is -0.480. The SMILES string of the molecule is COc1cccc(O)c1NS(=O)(=O)c1ccc(F)c(F)c1. The van der Waals surface area contributed by atoms with Gasteiger partial charge < -0.3 is 9.84 Å². The number of halogens is 2. The fourth-order valence-electron chi connectivity index (χ4n) is 1.63. The van der Waals surface area contributed by atoms with E-state index in [-0.39, 0.29) is 17.2 Å². The van der Waals surface area contributed by atoms with Gasteiger partial charge in [-0.15, -0.1) is 0 Å². The van der Waals surface area contributed by atoms with Crippen LogP contribution in [0.1, 0.15) is 0 Å². The van der Waals surface area contributed by atoms with Crippen LogP contribution in [0.25, 0.3) is 0 Å². The van der Waals surface area contributed by atoms with E-state index in [4.69, 9.17) is 4.74 Å². The fourth-order valence-corrected chi connectivity index (χ4v) is 2.73. The lowest BCUT2D eigenvalue weighted by molar-refractivity contribution is 0.411. The molecule has 5 nitrogen and oxygen atoms in total. The van der Waals surface area contributed by atoms with Crippen LogP contribution in [0.4, 0.5) is 14.5 Å². The number of anilines is 1. The molecule has 0 aliphatic rings. The van der Waals surface area contributed by atoms with E-state index < -0.39 is 26.6 Å². The predicted octanol–water partition coefficient (Wildman–Crippen LogP) is 2.48. The third-order valence-corrected chi connectivity index (χ3v) is 4.01. The summed E-state index contributed by atoms with van der Waals surface area (Å²) >= 11 is 0. The minimum absolute atomic E-state index is 0.0844. The molecule has 0 atom stereocenters. The third-order valence-electron chi connectivity index (χ3n) is 2.66. The van der Waals surface area contributed by atoms with Gasteiger partial charge in [0.05, 0.1) is 12.0 Å². The van der Waals surface area contributed by atoms with Gasteiger partial charge in [-0.3, -0.25) is 4.72 Å². The van der Waals surface area contributed by atoms with Crippen molar-refractivity contribution in [3.05, 3.63) is 48.0 Å². The summed E-state index contributed by atoms with van der Waals surface area (Å²) in [6.45, 7) is 0. The van der Waals surface area contributed by atoms with Gasteiger partial charge in [-0.05, 0) is 30.3 Å². The lowest BCUT2D eigenvalue weighted by Crippen LogP contribution is -2.14. The summed E-state index contributed by atoms with van der Waals surface area (Å²) in [7, 11) is -2.91. The molecule has 2 aromatic rings. The zero-order valence-electron chi connectivity index (χ0n) is 10.8. The number of para-hydroxylation sites is 1. The highest BCUT2D eigenvalue weighted by Crippen LogP contribution is 2.35. The quantitative estimate of drug-likeness (QED) is 0.850. The van der Waals surface area contributed by atoms with Crippen molar-refractivity contribution in [2.45, 2.75) is 4.90 Å². The highest BCUT2D eigenvalue weighted by atomic mass is 32.2. The van der Waals surface area contributed by atoms with E-state index in [0.717, 1.165) is 6.07 Å². The van der Waals surface area contributed by atoms with E-state index in [1.54, 1.807) is 0 Å². The van der Waals surface area contributed by atoms with Gasteiger partial charge in [0, 0.05) is 0 Å². The number of sulfonamides is 1. The van der Waals surface area contributed by atoms with Gasteiger partial charge in [-0.25, -0.2) is 17.2 Å². The Labute approximate surface area is 119 Å². The summed E-state index contributed by atoms with van der Waals surface area (Å²) in [6, 6.07) is 6.31. The molecule has 0 aliphatic carbocycles. The Hall–Kier alpha value is -2.35. The lowest BCUT2D eigenvalue weighted by Gasteiger charge is -2.13. The van der Waals surface area contributed by atoms with Gasteiger partial charge in [-0.1, -0.05) is 6.07 Å². The monoisotopic (exact) mass is 315 g/mol. The van der Waals surface area contributed by atoms with Crippen LogP contribution in [0.15, 0.2) is 41.3 Å². The number of ether oxygens (including phenoxy) is 1. The maximum absolute atomic E-state index is 13.1. The largest absolute Gasteiger partial charge is 0.506 e. The first-order valence-electron chi connectivity index (χ1n) is 5.69. The molecular formula is C13H11F2NO4S. The minimum Gasteiger partial charge on any atom is -0.506 e. The lowest BCUT2D eigenvalue weighted by atomic mass is 10.3. The summed E-state index contributed by atoms with van der Waals surface area (Å²) < 4.78 is 57.2. The molecule has 0 fully saturated rings. The molecule has 2 aromatic carbocycles. The van der Waals surface area contributed by atoms with Gasteiger partial charge in [0.15, 0.2) is 11.6 Å². The van der Waals surface area contributed by atoms with E-state index in [2.05, 4.69) is 4.72 Å². The number of benzene rings is 2. The van der Waals surface area contributed by atoms with E-state index in [9.17, 15) is 22.3 Å². The summed E-state index contributed by atoms with van der Waals surface area (Å²) in [5, 5.41) is 9.69. The first-order chi connectivity index (χ1) is 9.85. The fraction of sp³-hybridized carbons (Fsp3) is 0.0769. The van der Waals surface area contributed by atoms with Crippen molar-refractivity contribution in [3.63, 3.8) is 0 Å². The molecule has 112 valence electrons. The van der Waals surface area contributed by atoms with Crippen molar-refractivity contribution in [1.82, 2.24) is 0 Å². The summed E-state index contributed by atoms with van der Waals surface area (Å²) in [5.41, 5.74) is -0.190. The van der Waals surface area contributed by atoms with Crippen LogP contribution in [0.3, 0.4) is 0 Å². The molecule has 0 unspecified atom stereocenters. The molecule has 8 heteroatoms. The van der Waals surface area contributed by atoms with Crippen molar-refractivity contribution < 1.29 is 27.0 Å². The van der Waals surface area contributed by atoms with Crippen molar-refractivity contribution in [2.24, 2.45) is 0 Å². The second-order valence-corrected chi connectivity index (χ2v) is 5.72. The number of hydrogen-bond acceptors (Lipinski definition) is 4. The molecule has 0 saturated heterocycles. The van der Waals surface area contributed by atoms with Gasteiger partial charge in [0.25, 0.3) is 10.0 Å². The molecule has 2 rings (SSSR count). The molecule has 0 radical (unpaired) electrons. The Morgan fingerprint density at radius 2 is 1.86 bits per heavy atom. The van der Waals surface area contributed by atoms with Crippen LogP contribution < -0.4 is 9.46 Å². The molecule has 0 spiro atoms. The van der Waals surface area contributed by atoms with E-state index in [1.165, 1.54) is 25.3 Å². The predicted molar refractivity (Wildman–Crippen MR) is 71.8 cm³/mol. The van der Waals surface area contributed by atoms with Gasteiger partial charge >= 0.3 is 0 Å². The van der Waals surface area contributed by atoms with Crippen LogP contribution >= 0.6 is 0 Å². The van der Waals surface area contributed by atoms with Crippen LogP contribution in [0.5, 0.6) is 11.5 Å². The number of phenols is 1. The van der Waals surface area contributed by atoms with E-state index in [1.807, 2.05) is 0 Å². The summed E-state index contributed by atoms with van der Waals surface area (Å²) in [5.74, 6) is -2.72. The first kappa shape index (κ1) is 15.0. The highest BCUT2D eigenvalue weighted by Gasteiger charge is 2.20. The van der Waals surface area contributed by atoms with Crippen LogP contribution in [-0.4, -0.2) is 20.6 Å². The first-order valence-corrected chi connectivity index (χ1v) is 7.17. The Kier molecular flexibility index (Phi) is 3.99. The zero-order chi connectivity index (χ0) is 15.6. The zero-order valence-corrected chi connectivity index (χ0v) is 11.6. The molecular weight excluding hydrogens is 304 g/mol. The van der Waals surface area contributed by atoms with Crippen molar-refractivity contribution in [3.8, 4) is 11.5 Å². The van der Waals surface area contributed by atoms with Crippen LogP contribution in [0.2, 0.25) is 0 Å². The molecule has 0 amide bonds. The molecule has 0 aliphatic heterocycles. The molecule has 21 heavy (non-hydrogen) atoms. The van der Waals surface area contributed by atoms with E-state index >= 15 is 0 Å². The van der Waals surface area contributed by atoms with Crippen LogP contribution in [-0.2, 0) is 10.0 Å². The minimum atomic E-state index is -4.20. The number of aromatic hydroxyl groups is 1. The maximum Gasteiger partial charge on any atom is 0.262 e. The van der Waals surface area contributed by atoms with E-state index in [0.29, 0.717) is 12.1 Å². The normalized spacial score (nSPS) is 11.2. The Balaban J connectivity index is 2.44. The van der Waals surface area contributed by atoms with Crippen molar-refractivity contribution in [2.75, 3.05) is 11.8 Å². The average Bonchev–Trinajstić information content (AvgIpc) is 2.43. The standard InChI is InChI=1S/C13H11F2NO4S/c1-20-12-4-2-3-11(17)13(12)16-21(18,19)8-5-6-9(14)10(15)7-8/h2-7,16-17H,1H3. The molecule has 0 bridgehead atoms. The van der Waals surface area contributed by atoms with Gasteiger partial charge in [0.2, 0.25) is 0 Å². The Morgan fingerprint density at radius 3 is 2.48 bits per heavy atom. The Morgan fingerprint density at radius 1 is 1.14 bits per heavy atom. The average molecular weight is 315 g/mol. The molecule has 0 heterocycles. The van der Waals surface area contributed by atoms with Gasteiger partial charge in [0.1, 0.15) is 17.2 Å².